The van der Waals surface area contributed by atoms with Crippen molar-refractivity contribution < 1.29 is 9.59 Å². The van der Waals surface area contributed by atoms with E-state index in [9.17, 15) is 9.59 Å². The first-order chi connectivity index (χ1) is 14.6. The smallest absolute Gasteiger partial charge is 0.243 e. The highest BCUT2D eigenvalue weighted by Crippen LogP contribution is 2.19. The summed E-state index contributed by atoms with van der Waals surface area (Å²) in [7, 11) is 0. The molecule has 2 amide bonds. The lowest BCUT2D eigenvalue weighted by atomic mass is 10.0. The third kappa shape index (κ3) is 6.19. The molecule has 0 aromatic heterocycles. The molecule has 0 spiro atoms. The maximum atomic E-state index is 13.3. The van der Waals surface area contributed by atoms with Crippen molar-refractivity contribution >= 4 is 11.8 Å². The molecular formula is C26H34N2O2. The van der Waals surface area contributed by atoms with E-state index in [1.807, 2.05) is 56.3 Å². The van der Waals surface area contributed by atoms with Crippen LogP contribution in [0.1, 0.15) is 55.7 Å². The van der Waals surface area contributed by atoms with E-state index in [2.05, 4.69) is 17.4 Å². The van der Waals surface area contributed by atoms with Gasteiger partial charge in [-0.2, -0.15) is 0 Å². The molecule has 1 aliphatic carbocycles. The summed E-state index contributed by atoms with van der Waals surface area (Å²) in [5, 5.41) is 3.20. The maximum Gasteiger partial charge on any atom is 0.243 e. The second-order valence-corrected chi connectivity index (χ2v) is 8.40. The molecule has 3 rings (SSSR count). The highest BCUT2D eigenvalue weighted by atomic mass is 16.2. The highest BCUT2D eigenvalue weighted by Gasteiger charge is 2.30. The lowest BCUT2D eigenvalue weighted by Crippen LogP contribution is -2.52. The first-order valence-corrected chi connectivity index (χ1v) is 11.3. The van der Waals surface area contributed by atoms with Crippen LogP contribution in [0.25, 0.3) is 0 Å². The average Bonchev–Trinajstić information content (AvgIpc) is 3.24. The summed E-state index contributed by atoms with van der Waals surface area (Å²) in [6.07, 6.45) is 6.12. The molecule has 4 nitrogen and oxygen atoms in total. The van der Waals surface area contributed by atoms with Crippen molar-refractivity contribution in [2.45, 2.75) is 70.9 Å². The highest BCUT2D eigenvalue weighted by molar-refractivity contribution is 5.88. The van der Waals surface area contributed by atoms with Gasteiger partial charge in [-0.15, -0.1) is 0 Å². The SMILES string of the molecule is CC[C@H](C(=O)NC1CCCC1)N(CCc1ccccc1)C(=O)Cc1cccc(C)c1. The standard InChI is InChI=1S/C26H34N2O2/c1-3-24(26(30)27-23-14-7-8-15-23)28(17-16-21-11-5-4-6-12-21)25(29)19-22-13-9-10-20(2)18-22/h4-6,9-13,18,23-24H,3,7-8,14-17,19H2,1-2H3,(H,27,30)/t24-/m1/s1. The number of carbonyl (C=O) groups is 2. The van der Waals surface area contributed by atoms with E-state index >= 15 is 0 Å². The van der Waals surface area contributed by atoms with Gasteiger partial charge in [-0.05, 0) is 43.7 Å². The minimum Gasteiger partial charge on any atom is -0.352 e. The van der Waals surface area contributed by atoms with Crippen LogP contribution in [0.2, 0.25) is 0 Å². The third-order valence-corrected chi connectivity index (χ3v) is 6.01. The van der Waals surface area contributed by atoms with E-state index < -0.39 is 6.04 Å². The van der Waals surface area contributed by atoms with Crippen LogP contribution in [0, 0.1) is 6.92 Å². The van der Waals surface area contributed by atoms with Crippen molar-refractivity contribution in [1.29, 1.82) is 0 Å². The Labute approximate surface area is 180 Å². The lowest BCUT2D eigenvalue weighted by molar-refractivity contribution is -0.140. The van der Waals surface area contributed by atoms with Crippen LogP contribution in [0.3, 0.4) is 0 Å². The van der Waals surface area contributed by atoms with Crippen LogP contribution in [0.5, 0.6) is 0 Å². The number of hydrogen-bond acceptors (Lipinski definition) is 2. The van der Waals surface area contributed by atoms with Gasteiger partial charge in [0.1, 0.15) is 6.04 Å². The molecule has 0 aliphatic heterocycles. The third-order valence-electron chi connectivity index (χ3n) is 6.01. The van der Waals surface area contributed by atoms with Crippen LogP contribution >= 0.6 is 0 Å². The minimum atomic E-state index is -0.424. The number of nitrogens with one attached hydrogen (secondary N) is 1. The van der Waals surface area contributed by atoms with E-state index in [4.69, 9.17) is 0 Å². The molecule has 1 aliphatic rings. The quantitative estimate of drug-likeness (QED) is 0.669. The number of nitrogens with zero attached hydrogens (tertiary/aromatic N) is 1. The molecule has 0 bridgehead atoms. The molecule has 0 heterocycles. The summed E-state index contributed by atoms with van der Waals surface area (Å²) < 4.78 is 0. The van der Waals surface area contributed by atoms with Gasteiger partial charge in [-0.3, -0.25) is 9.59 Å². The van der Waals surface area contributed by atoms with Crippen LogP contribution in [0.15, 0.2) is 54.6 Å². The zero-order chi connectivity index (χ0) is 21.3. The van der Waals surface area contributed by atoms with Crippen molar-refractivity contribution in [3.05, 3.63) is 71.3 Å². The molecule has 1 N–H and O–H groups in total. The predicted molar refractivity (Wildman–Crippen MR) is 121 cm³/mol. The Kier molecular flexibility index (Phi) is 8.06. The number of hydrogen-bond donors (Lipinski definition) is 1. The number of carbonyl (C=O) groups excluding carboxylic acids is 2. The first kappa shape index (κ1) is 22.1. The fraction of sp³-hybridized carbons (Fsp3) is 0.462. The van der Waals surface area contributed by atoms with E-state index in [1.54, 1.807) is 4.90 Å². The lowest BCUT2D eigenvalue weighted by Gasteiger charge is -2.31. The Hall–Kier alpha value is -2.62. The molecule has 2 aromatic rings. The molecule has 0 unspecified atom stereocenters. The van der Waals surface area contributed by atoms with Gasteiger partial charge in [0.15, 0.2) is 0 Å². The summed E-state index contributed by atoms with van der Waals surface area (Å²) in [5.74, 6) is 0.0139. The van der Waals surface area contributed by atoms with Crippen LogP contribution in [-0.4, -0.2) is 35.3 Å². The molecule has 0 radical (unpaired) electrons. The molecule has 1 fully saturated rings. The second kappa shape index (κ2) is 11.0. The van der Waals surface area contributed by atoms with Crippen LogP contribution in [0.4, 0.5) is 0 Å². The predicted octanol–water partition coefficient (Wildman–Crippen LogP) is 4.45. The summed E-state index contributed by atoms with van der Waals surface area (Å²) in [6.45, 7) is 4.57. The summed E-state index contributed by atoms with van der Waals surface area (Å²) >= 11 is 0. The molecule has 2 aromatic carbocycles. The van der Waals surface area contributed by atoms with Crippen molar-refractivity contribution in [2.24, 2.45) is 0 Å². The molecule has 1 atom stereocenters. The molecular weight excluding hydrogens is 372 g/mol. The normalized spacial score (nSPS) is 15.0. The molecule has 0 saturated heterocycles. The largest absolute Gasteiger partial charge is 0.352 e. The zero-order valence-electron chi connectivity index (χ0n) is 18.3. The topological polar surface area (TPSA) is 49.4 Å². The maximum absolute atomic E-state index is 13.3. The number of aryl methyl sites for hydroxylation is 1. The molecule has 1 saturated carbocycles. The summed E-state index contributed by atoms with van der Waals surface area (Å²) in [4.78, 5) is 28.2. The van der Waals surface area contributed by atoms with Gasteiger partial charge in [-0.1, -0.05) is 79.9 Å². The van der Waals surface area contributed by atoms with Crippen LogP contribution in [-0.2, 0) is 22.4 Å². The van der Waals surface area contributed by atoms with Gasteiger partial charge in [-0.25, -0.2) is 0 Å². The van der Waals surface area contributed by atoms with Crippen LogP contribution < -0.4 is 5.32 Å². The Morgan fingerprint density at radius 1 is 1.03 bits per heavy atom. The van der Waals surface area contributed by atoms with Gasteiger partial charge in [0.25, 0.3) is 0 Å². The fourth-order valence-electron chi connectivity index (χ4n) is 4.36. The van der Waals surface area contributed by atoms with Gasteiger partial charge >= 0.3 is 0 Å². The Morgan fingerprint density at radius 3 is 2.40 bits per heavy atom. The minimum absolute atomic E-state index is 0.00458. The van der Waals surface area contributed by atoms with Gasteiger partial charge in [0, 0.05) is 12.6 Å². The molecule has 30 heavy (non-hydrogen) atoms. The van der Waals surface area contributed by atoms with Gasteiger partial charge in [0.05, 0.1) is 6.42 Å². The van der Waals surface area contributed by atoms with Crippen molar-refractivity contribution in [3.63, 3.8) is 0 Å². The summed E-state index contributed by atoms with van der Waals surface area (Å²) in [6, 6.07) is 18.0. The monoisotopic (exact) mass is 406 g/mol. The zero-order valence-corrected chi connectivity index (χ0v) is 18.3. The molecule has 160 valence electrons. The molecule has 4 heteroatoms. The number of rotatable bonds is 9. The van der Waals surface area contributed by atoms with E-state index in [-0.39, 0.29) is 17.9 Å². The van der Waals surface area contributed by atoms with Crippen molar-refractivity contribution in [1.82, 2.24) is 10.2 Å². The fourth-order valence-corrected chi connectivity index (χ4v) is 4.36. The number of benzene rings is 2. The Balaban J connectivity index is 1.75. The van der Waals surface area contributed by atoms with Gasteiger partial charge in [0.2, 0.25) is 11.8 Å². The second-order valence-electron chi connectivity index (χ2n) is 8.40. The summed E-state index contributed by atoms with van der Waals surface area (Å²) in [5.41, 5.74) is 3.31. The Morgan fingerprint density at radius 2 is 1.73 bits per heavy atom. The Bertz CT molecular complexity index is 828. The van der Waals surface area contributed by atoms with E-state index in [1.165, 1.54) is 18.4 Å². The first-order valence-electron chi connectivity index (χ1n) is 11.3. The average molecular weight is 407 g/mol. The van der Waals surface area contributed by atoms with Crippen molar-refractivity contribution in [2.75, 3.05) is 6.54 Å². The van der Waals surface area contributed by atoms with Crippen molar-refractivity contribution in [3.8, 4) is 0 Å². The number of amides is 2. The van der Waals surface area contributed by atoms with Gasteiger partial charge < -0.3 is 10.2 Å². The van der Waals surface area contributed by atoms with E-state index in [0.29, 0.717) is 19.4 Å². The van der Waals surface area contributed by atoms with E-state index in [0.717, 1.165) is 30.4 Å².